The van der Waals surface area contributed by atoms with Crippen LogP contribution in [0.5, 0.6) is 0 Å². The molecule has 1 aromatic carbocycles. The molecular formula is C16H18N2O3. The number of carbonyl (C=O) groups excluding carboxylic acids is 1. The van der Waals surface area contributed by atoms with Crippen molar-refractivity contribution in [2.75, 3.05) is 0 Å². The van der Waals surface area contributed by atoms with Gasteiger partial charge in [0.15, 0.2) is 6.29 Å². The smallest absolute Gasteiger partial charge is 0.335 e. The van der Waals surface area contributed by atoms with Crippen LogP contribution in [0.1, 0.15) is 52.0 Å². The lowest BCUT2D eigenvalue weighted by molar-refractivity contribution is 0.0696. The second-order valence-electron chi connectivity index (χ2n) is 4.93. The lowest BCUT2D eigenvalue weighted by Gasteiger charge is -2.08. The average Bonchev–Trinajstić information content (AvgIpc) is 2.88. The van der Waals surface area contributed by atoms with E-state index in [-0.39, 0.29) is 5.56 Å². The molecule has 0 unspecified atom stereocenters. The van der Waals surface area contributed by atoms with Gasteiger partial charge in [0.2, 0.25) is 0 Å². The van der Waals surface area contributed by atoms with Gasteiger partial charge < -0.3 is 9.67 Å². The molecule has 5 nitrogen and oxygen atoms in total. The van der Waals surface area contributed by atoms with Gasteiger partial charge in [-0.25, -0.2) is 9.78 Å². The number of carboxylic acid groups (broad SMARTS) is 1. The first kappa shape index (κ1) is 15.0. The third kappa shape index (κ3) is 3.78. The Labute approximate surface area is 123 Å². The van der Waals surface area contributed by atoms with Gasteiger partial charge in [0.05, 0.1) is 5.56 Å². The number of aldehydes is 1. The van der Waals surface area contributed by atoms with Gasteiger partial charge in [0.25, 0.3) is 0 Å². The molecule has 0 aliphatic rings. The lowest BCUT2D eigenvalue weighted by Crippen LogP contribution is -2.05. The highest BCUT2D eigenvalue weighted by Gasteiger charge is 2.08. The van der Waals surface area contributed by atoms with Crippen molar-refractivity contribution in [1.82, 2.24) is 9.55 Å². The minimum atomic E-state index is -0.934. The number of unbranched alkanes of at least 4 members (excludes halogenated alkanes) is 1. The molecule has 0 aliphatic carbocycles. The second kappa shape index (κ2) is 6.83. The SMILES string of the molecule is CCCCc1nc(C=O)cn1Cc1ccc(C(=O)O)cc1. The van der Waals surface area contributed by atoms with Crippen LogP contribution >= 0.6 is 0 Å². The number of hydrogen-bond donors (Lipinski definition) is 1. The maximum absolute atomic E-state index is 10.9. The molecule has 0 saturated heterocycles. The molecule has 1 heterocycles. The molecule has 2 rings (SSSR count). The van der Waals surface area contributed by atoms with Gasteiger partial charge >= 0.3 is 5.97 Å². The first-order valence-electron chi connectivity index (χ1n) is 6.97. The van der Waals surface area contributed by atoms with E-state index in [9.17, 15) is 9.59 Å². The van der Waals surface area contributed by atoms with E-state index in [2.05, 4.69) is 11.9 Å². The highest BCUT2D eigenvalue weighted by Crippen LogP contribution is 2.11. The molecule has 0 saturated carbocycles. The van der Waals surface area contributed by atoms with E-state index < -0.39 is 5.97 Å². The first-order valence-corrected chi connectivity index (χ1v) is 6.97. The van der Waals surface area contributed by atoms with E-state index >= 15 is 0 Å². The summed E-state index contributed by atoms with van der Waals surface area (Å²) in [6.07, 6.45) is 5.41. The van der Waals surface area contributed by atoms with Crippen LogP contribution in [0.15, 0.2) is 30.5 Å². The third-order valence-corrected chi connectivity index (χ3v) is 3.31. The number of aromatic carboxylic acids is 1. The van der Waals surface area contributed by atoms with Gasteiger partial charge in [0.1, 0.15) is 11.5 Å². The summed E-state index contributed by atoms with van der Waals surface area (Å²) in [5.41, 5.74) is 1.68. The van der Waals surface area contributed by atoms with E-state index in [1.165, 1.54) is 0 Å². The maximum atomic E-state index is 10.9. The van der Waals surface area contributed by atoms with Crippen LogP contribution in [0, 0.1) is 0 Å². The zero-order valence-corrected chi connectivity index (χ0v) is 12.0. The molecule has 0 radical (unpaired) electrons. The van der Waals surface area contributed by atoms with Crippen LogP contribution in [0.4, 0.5) is 0 Å². The van der Waals surface area contributed by atoms with Crippen LogP contribution in [0.25, 0.3) is 0 Å². The number of rotatable bonds is 7. The van der Waals surface area contributed by atoms with E-state index in [1.807, 2.05) is 4.57 Å². The third-order valence-electron chi connectivity index (χ3n) is 3.31. The Morgan fingerprint density at radius 2 is 2.05 bits per heavy atom. The number of hydrogen-bond acceptors (Lipinski definition) is 3. The summed E-state index contributed by atoms with van der Waals surface area (Å²) in [7, 11) is 0. The molecule has 1 aromatic heterocycles. The van der Waals surface area contributed by atoms with Crippen molar-refractivity contribution in [3.8, 4) is 0 Å². The van der Waals surface area contributed by atoms with Crippen LogP contribution in [0.2, 0.25) is 0 Å². The standard InChI is InChI=1S/C16H18N2O3/c1-2-3-4-15-17-14(11-19)10-18(15)9-12-5-7-13(8-6-12)16(20)21/h5-8,10-11H,2-4,9H2,1H3,(H,20,21). The summed E-state index contributed by atoms with van der Waals surface area (Å²) in [5, 5.41) is 8.89. The molecule has 21 heavy (non-hydrogen) atoms. The molecule has 0 bridgehead atoms. The fourth-order valence-corrected chi connectivity index (χ4v) is 2.15. The van der Waals surface area contributed by atoms with Gasteiger partial charge in [-0.15, -0.1) is 0 Å². The summed E-state index contributed by atoms with van der Waals surface area (Å²) in [5.74, 6) is -0.0442. The predicted molar refractivity (Wildman–Crippen MR) is 78.7 cm³/mol. The molecule has 0 fully saturated rings. The van der Waals surface area contributed by atoms with E-state index in [1.54, 1.807) is 30.5 Å². The van der Waals surface area contributed by atoms with Crippen LogP contribution in [-0.4, -0.2) is 26.9 Å². The van der Waals surface area contributed by atoms with Gasteiger partial charge in [-0.05, 0) is 24.1 Å². The molecule has 0 amide bonds. The number of aromatic nitrogens is 2. The van der Waals surface area contributed by atoms with E-state index in [0.717, 1.165) is 36.9 Å². The zero-order chi connectivity index (χ0) is 15.2. The highest BCUT2D eigenvalue weighted by atomic mass is 16.4. The fraction of sp³-hybridized carbons (Fsp3) is 0.312. The van der Waals surface area contributed by atoms with Crippen molar-refractivity contribution in [2.24, 2.45) is 0 Å². The van der Waals surface area contributed by atoms with Crippen molar-refractivity contribution in [3.63, 3.8) is 0 Å². The molecular weight excluding hydrogens is 268 g/mol. The second-order valence-corrected chi connectivity index (χ2v) is 4.93. The minimum absolute atomic E-state index is 0.268. The summed E-state index contributed by atoms with van der Waals surface area (Å²) in [6, 6.07) is 6.74. The maximum Gasteiger partial charge on any atom is 0.335 e. The number of benzene rings is 1. The Bertz CT molecular complexity index is 629. The normalized spacial score (nSPS) is 10.5. The Balaban J connectivity index is 2.19. The number of carboxylic acids is 1. The topological polar surface area (TPSA) is 72.2 Å². The summed E-state index contributed by atoms with van der Waals surface area (Å²) >= 11 is 0. The summed E-state index contributed by atoms with van der Waals surface area (Å²) < 4.78 is 1.95. The monoisotopic (exact) mass is 286 g/mol. The van der Waals surface area contributed by atoms with E-state index in [4.69, 9.17) is 5.11 Å². The molecule has 0 spiro atoms. The van der Waals surface area contributed by atoms with Gasteiger partial charge in [-0.1, -0.05) is 25.5 Å². The lowest BCUT2D eigenvalue weighted by atomic mass is 10.1. The fourth-order valence-electron chi connectivity index (χ4n) is 2.15. The Morgan fingerprint density at radius 1 is 1.33 bits per heavy atom. The van der Waals surface area contributed by atoms with Gasteiger partial charge in [0, 0.05) is 19.2 Å². The Morgan fingerprint density at radius 3 is 2.62 bits per heavy atom. The first-order chi connectivity index (χ1) is 10.1. The molecule has 2 aromatic rings. The quantitative estimate of drug-likeness (QED) is 0.794. The molecule has 0 atom stereocenters. The predicted octanol–water partition coefficient (Wildman–Crippen LogP) is 2.78. The Hall–Kier alpha value is -2.43. The average molecular weight is 286 g/mol. The number of imidazole rings is 1. The molecule has 5 heteroatoms. The number of aryl methyl sites for hydroxylation is 1. The van der Waals surface area contributed by atoms with Crippen molar-refractivity contribution in [2.45, 2.75) is 32.7 Å². The highest BCUT2D eigenvalue weighted by molar-refractivity contribution is 5.87. The van der Waals surface area contributed by atoms with Crippen molar-refractivity contribution < 1.29 is 14.7 Å². The molecule has 1 N–H and O–H groups in total. The van der Waals surface area contributed by atoms with Crippen molar-refractivity contribution in [3.05, 3.63) is 53.1 Å². The summed E-state index contributed by atoms with van der Waals surface area (Å²) in [6.45, 7) is 2.69. The van der Waals surface area contributed by atoms with Crippen molar-refractivity contribution >= 4 is 12.3 Å². The van der Waals surface area contributed by atoms with Crippen LogP contribution < -0.4 is 0 Å². The minimum Gasteiger partial charge on any atom is -0.478 e. The number of carbonyl (C=O) groups is 2. The zero-order valence-electron chi connectivity index (χ0n) is 12.0. The van der Waals surface area contributed by atoms with E-state index in [0.29, 0.717) is 12.2 Å². The molecule has 0 aliphatic heterocycles. The molecule has 110 valence electrons. The number of nitrogens with zero attached hydrogens (tertiary/aromatic N) is 2. The van der Waals surface area contributed by atoms with Crippen LogP contribution in [-0.2, 0) is 13.0 Å². The largest absolute Gasteiger partial charge is 0.478 e. The summed E-state index contributed by atoms with van der Waals surface area (Å²) in [4.78, 5) is 26.0. The van der Waals surface area contributed by atoms with Gasteiger partial charge in [-0.3, -0.25) is 4.79 Å². The van der Waals surface area contributed by atoms with Crippen molar-refractivity contribution in [1.29, 1.82) is 0 Å². The Kier molecular flexibility index (Phi) is 4.87. The van der Waals surface area contributed by atoms with Gasteiger partial charge in [-0.2, -0.15) is 0 Å². The van der Waals surface area contributed by atoms with Crippen LogP contribution in [0.3, 0.4) is 0 Å².